The highest BCUT2D eigenvalue weighted by Gasteiger charge is 2.37. The number of para-hydroxylation sites is 1. The van der Waals surface area contributed by atoms with Gasteiger partial charge in [0.15, 0.2) is 6.61 Å². The van der Waals surface area contributed by atoms with Crippen molar-refractivity contribution >= 4 is 52.4 Å². The number of carbonyl (C=O) groups excluding carboxylic acids is 3. The summed E-state index contributed by atoms with van der Waals surface area (Å²) in [4.78, 5) is 37.9. The molecule has 0 unspecified atom stereocenters. The molecule has 0 aromatic heterocycles. The van der Waals surface area contributed by atoms with Gasteiger partial charge in [0.1, 0.15) is 0 Å². The fraction of sp³-hybridized carbons (Fsp3) is 0.250. The lowest BCUT2D eigenvalue weighted by atomic mass is 10.1. The van der Waals surface area contributed by atoms with Crippen LogP contribution in [0, 0.1) is 5.92 Å². The normalized spacial score (nSPS) is 16.4. The Balaban J connectivity index is 1.57. The van der Waals surface area contributed by atoms with E-state index < -0.39 is 36.1 Å². The topological polar surface area (TPSA) is 75.7 Å². The minimum absolute atomic E-state index is 0.0302. The molecule has 1 N–H and O–H groups in total. The van der Waals surface area contributed by atoms with E-state index in [4.69, 9.17) is 27.9 Å². The predicted octanol–water partition coefficient (Wildman–Crippen LogP) is 4.55. The molecule has 1 heterocycles. The number of hydrogen-bond donors (Lipinski definition) is 1. The molecule has 0 aliphatic carbocycles. The Bertz CT molecular complexity index is 1030. The Morgan fingerprint density at radius 3 is 2.52 bits per heavy atom. The quantitative estimate of drug-likeness (QED) is 0.645. The summed E-state index contributed by atoms with van der Waals surface area (Å²) < 4.78 is 43.4. The van der Waals surface area contributed by atoms with Crippen LogP contribution in [0.1, 0.15) is 12.0 Å². The molecular weight excluding hydrogens is 460 g/mol. The number of anilines is 2. The van der Waals surface area contributed by atoms with Gasteiger partial charge in [-0.3, -0.25) is 14.4 Å². The average molecular weight is 475 g/mol. The number of rotatable bonds is 5. The maximum atomic E-state index is 12.8. The van der Waals surface area contributed by atoms with Crippen molar-refractivity contribution in [1.29, 1.82) is 0 Å². The van der Waals surface area contributed by atoms with Crippen LogP contribution in [0.15, 0.2) is 42.5 Å². The fourth-order valence-corrected chi connectivity index (χ4v) is 3.41. The maximum Gasteiger partial charge on any atom is 0.416 e. The second-order valence-electron chi connectivity index (χ2n) is 6.71. The Labute approximate surface area is 184 Å². The monoisotopic (exact) mass is 474 g/mol. The fourth-order valence-electron chi connectivity index (χ4n) is 3.01. The third-order valence-corrected chi connectivity index (χ3v) is 5.16. The zero-order valence-corrected chi connectivity index (χ0v) is 17.2. The predicted molar refractivity (Wildman–Crippen MR) is 108 cm³/mol. The number of alkyl halides is 3. The van der Waals surface area contributed by atoms with Gasteiger partial charge in [0.2, 0.25) is 5.91 Å². The van der Waals surface area contributed by atoms with E-state index in [2.05, 4.69) is 5.32 Å². The second-order valence-corrected chi connectivity index (χ2v) is 7.52. The second kappa shape index (κ2) is 9.15. The van der Waals surface area contributed by atoms with Gasteiger partial charge >= 0.3 is 12.1 Å². The van der Waals surface area contributed by atoms with Crippen LogP contribution in [-0.4, -0.2) is 30.9 Å². The zero-order chi connectivity index (χ0) is 22.8. The SMILES string of the molecule is O=C(COC(=O)[C@@H]1CC(=O)N(c2ccccc2Cl)C1)Nc1cc(C(F)(F)F)ccc1Cl. The van der Waals surface area contributed by atoms with Crippen LogP contribution < -0.4 is 10.2 Å². The number of hydrogen-bond acceptors (Lipinski definition) is 4. The van der Waals surface area contributed by atoms with Crippen molar-refractivity contribution in [2.45, 2.75) is 12.6 Å². The summed E-state index contributed by atoms with van der Waals surface area (Å²) in [6.07, 6.45) is -4.73. The smallest absolute Gasteiger partial charge is 0.416 e. The molecule has 6 nitrogen and oxygen atoms in total. The molecule has 0 bridgehead atoms. The van der Waals surface area contributed by atoms with Gasteiger partial charge in [-0.05, 0) is 30.3 Å². The van der Waals surface area contributed by atoms with Gasteiger partial charge in [0, 0.05) is 13.0 Å². The lowest BCUT2D eigenvalue weighted by Gasteiger charge is -2.17. The van der Waals surface area contributed by atoms with Gasteiger partial charge in [0.25, 0.3) is 5.91 Å². The van der Waals surface area contributed by atoms with Crippen LogP contribution in [0.3, 0.4) is 0 Å². The molecule has 0 radical (unpaired) electrons. The molecule has 0 spiro atoms. The number of halogens is 5. The van der Waals surface area contributed by atoms with E-state index in [1.165, 1.54) is 4.90 Å². The molecule has 0 saturated carbocycles. The number of esters is 1. The van der Waals surface area contributed by atoms with Gasteiger partial charge in [-0.1, -0.05) is 35.3 Å². The highest BCUT2D eigenvalue weighted by atomic mass is 35.5. The van der Waals surface area contributed by atoms with Crippen LogP contribution in [0.5, 0.6) is 0 Å². The van der Waals surface area contributed by atoms with Crippen molar-refractivity contribution in [2.75, 3.05) is 23.4 Å². The van der Waals surface area contributed by atoms with Gasteiger partial charge in [-0.2, -0.15) is 13.2 Å². The third kappa shape index (κ3) is 5.48. The first-order valence-corrected chi connectivity index (χ1v) is 9.70. The van der Waals surface area contributed by atoms with Crippen LogP contribution in [0.4, 0.5) is 24.5 Å². The van der Waals surface area contributed by atoms with E-state index in [1.54, 1.807) is 24.3 Å². The first-order valence-electron chi connectivity index (χ1n) is 8.94. The Kier molecular flexibility index (Phi) is 6.76. The minimum Gasteiger partial charge on any atom is -0.455 e. The summed E-state index contributed by atoms with van der Waals surface area (Å²) in [5.74, 6) is -2.79. The first kappa shape index (κ1) is 22.9. The Morgan fingerprint density at radius 1 is 1.13 bits per heavy atom. The van der Waals surface area contributed by atoms with Crippen LogP contribution in [0.2, 0.25) is 10.0 Å². The molecule has 1 aliphatic rings. The number of ether oxygens (including phenoxy) is 1. The standard InChI is InChI=1S/C20H15Cl2F3N2O4/c21-13-6-5-12(20(23,24)25)8-15(13)26-17(28)10-31-19(30)11-7-18(29)27(9-11)16-4-2-1-3-14(16)22/h1-6,8,11H,7,9-10H2,(H,26,28)/t11-/m1/s1. The zero-order valence-electron chi connectivity index (χ0n) is 15.7. The molecule has 1 atom stereocenters. The van der Waals surface area contributed by atoms with E-state index in [9.17, 15) is 27.6 Å². The van der Waals surface area contributed by atoms with Crippen molar-refractivity contribution < 1.29 is 32.3 Å². The van der Waals surface area contributed by atoms with E-state index in [-0.39, 0.29) is 29.6 Å². The molecular formula is C20H15Cl2F3N2O4. The summed E-state index contributed by atoms with van der Waals surface area (Å²) in [6, 6.07) is 9.11. The molecule has 164 valence electrons. The lowest BCUT2D eigenvalue weighted by Crippen LogP contribution is -2.28. The van der Waals surface area contributed by atoms with Crippen molar-refractivity contribution in [3.05, 3.63) is 58.1 Å². The Hall–Kier alpha value is -2.78. The molecule has 31 heavy (non-hydrogen) atoms. The minimum atomic E-state index is -4.61. The summed E-state index contributed by atoms with van der Waals surface area (Å²) in [6.45, 7) is -0.718. The molecule has 2 aromatic rings. The van der Waals surface area contributed by atoms with Crippen LogP contribution in [-0.2, 0) is 25.3 Å². The summed E-state index contributed by atoms with van der Waals surface area (Å²) in [7, 11) is 0. The van der Waals surface area contributed by atoms with Gasteiger partial charge < -0.3 is 15.0 Å². The molecule has 11 heteroatoms. The summed E-state index contributed by atoms with van der Waals surface area (Å²) in [5, 5.41) is 2.42. The van der Waals surface area contributed by atoms with E-state index >= 15 is 0 Å². The van der Waals surface area contributed by atoms with Crippen LogP contribution in [0.25, 0.3) is 0 Å². The number of amides is 2. The molecule has 3 rings (SSSR count). The molecule has 2 amide bonds. The molecule has 2 aromatic carbocycles. The molecule has 1 aliphatic heterocycles. The van der Waals surface area contributed by atoms with E-state index in [1.807, 2.05) is 0 Å². The number of nitrogens with one attached hydrogen (secondary N) is 1. The molecule has 1 saturated heterocycles. The third-order valence-electron chi connectivity index (χ3n) is 4.51. The van der Waals surface area contributed by atoms with Gasteiger partial charge in [-0.25, -0.2) is 0 Å². The highest BCUT2D eigenvalue weighted by Crippen LogP contribution is 2.34. The largest absolute Gasteiger partial charge is 0.455 e. The first-order chi connectivity index (χ1) is 14.6. The lowest BCUT2D eigenvalue weighted by molar-refractivity contribution is -0.151. The van der Waals surface area contributed by atoms with E-state index in [0.29, 0.717) is 16.8 Å². The average Bonchev–Trinajstić information content (AvgIpc) is 3.09. The van der Waals surface area contributed by atoms with Crippen molar-refractivity contribution in [3.63, 3.8) is 0 Å². The van der Waals surface area contributed by atoms with Crippen molar-refractivity contribution in [3.8, 4) is 0 Å². The Morgan fingerprint density at radius 2 is 1.84 bits per heavy atom. The van der Waals surface area contributed by atoms with Crippen molar-refractivity contribution in [1.82, 2.24) is 0 Å². The highest BCUT2D eigenvalue weighted by molar-refractivity contribution is 6.34. The summed E-state index contributed by atoms with van der Waals surface area (Å²) >= 11 is 11.9. The maximum absolute atomic E-state index is 12.8. The number of carbonyl (C=O) groups is 3. The number of nitrogens with zero attached hydrogens (tertiary/aromatic N) is 1. The number of benzene rings is 2. The van der Waals surface area contributed by atoms with Gasteiger partial charge in [-0.15, -0.1) is 0 Å². The summed E-state index contributed by atoms with van der Waals surface area (Å²) in [5.41, 5.74) is -0.798. The molecule has 1 fully saturated rings. The van der Waals surface area contributed by atoms with Gasteiger partial charge in [0.05, 0.1) is 32.9 Å². The van der Waals surface area contributed by atoms with Crippen LogP contribution >= 0.6 is 23.2 Å². The van der Waals surface area contributed by atoms with Crippen molar-refractivity contribution in [2.24, 2.45) is 5.92 Å². The van der Waals surface area contributed by atoms with E-state index in [0.717, 1.165) is 12.1 Å².